The van der Waals surface area contributed by atoms with Crippen molar-refractivity contribution >= 4 is 33.3 Å². The van der Waals surface area contributed by atoms with Gasteiger partial charge in [-0.3, -0.25) is 0 Å². The quantitative estimate of drug-likeness (QED) is 0.325. The third-order valence-corrected chi connectivity index (χ3v) is 6.16. The summed E-state index contributed by atoms with van der Waals surface area (Å²) >= 11 is 3.30. The monoisotopic (exact) mass is 382 g/mol. The van der Waals surface area contributed by atoms with E-state index in [0.717, 1.165) is 21.1 Å². The van der Waals surface area contributed by atoms with Gasteiger partial charge in [-0.1, -0.05) is 61.1 Å². The summed E-state index contributed by atoms with van der Waals surface area (Å²) in [6, 6.07) is 12.5. The van der Waals surface area contributed by atoms with E-state index in [2.05, 4.69) is 59.1 Å². The highest BCUT2D eigenvalue weighted by Gasteiger charge is 2.20. The lowest BCUT2D eigenvalue weighted by atomic mass is 10.2. The number of aromatic nitrogens is 4. The van der Waals surface area contributed by atoms with Gasteiger partial charge in [0.05, 0.1) is 5.25 Å². The van der Waals surface area contributed by atoms with Crippen LogP contribution in [0.4, 0.5) is 0 Å². The van der Waals surface area contributed by atoms with E-state index < -0.39 is 0 Å². The first-order valence-electron chi connectivity index (χ1n) is 8.42. The van der Waals surface area contributed by atoms with Gasteiger partial charge in [-0.05, 0) is 18.6 Å². The largest absolute Gasteiger partial charge is 0.338 e. The predicted octanol–water partition coefficient (Wildman–Crippen LogP) is 5.72. The molecule has 4 rings (SSSR count). The lowest BCUT2D eigenvalue weighted by Crippen LogP contribution is -1.93. The van der Waals surface area contributed by atoms with Crippen molar-refractivity contribution in [1.29, 1.82) is 0 Å². The van der Waals surface area contributed by atoms with Crippen molar-refractivity contribution in [1.82, 2.24) is 20.1 Å². The average Bonchev–Trinajstić information content (AvgIpc) is 3.30. The molecule has 4 aromatic rings. The lowest BCUT2D eigenvalue weighted by Gasteiger charge is -2.06. The molecule has 0 fully saturated rings. The van der Waals surface area contributed by atoms with Crippen LogP contribution in [-0.2, 0) is 0 Å². The van der Waals surface area contributed by atoms with E-state index in [0.29, 0.717) is 5.89 Å². The minimum Gasteiger partial charge on any atom is -0.338 e. The highest BCUT2D eigenvalue weighted by atomic mass is 32.2. The van der Waals surface area contributed by atoms with E-state index in [1.807, 2.05) is 18.2 Å². The second-order valence-electron chi connectivity index (χ2n) is 6.28. The van der Waals surface area contributed by atoms with E-state index in [1.54, 1.807) is 29.4 Å². The normalized spacial score (nSPS) is 12.8. The topological polar surface area (TPSA) is 64.7 Å². The second-order valence-corrected chi connectivity index (χ2v) is 8.64. The first-order valence-corrected chi connectivity index (χ1v) is 10.1. The van der Waals surface area contributed by atoms with E-state index in [4.69, 9.17) is 4.52 Å². The van der Waals surface area contributed by atoms with Gasteiger partial charge in [-0.2, -0.15) is 4.98 Å². The molecule has 1 unspecified atom stereocenters. The van der Waals surface area contributed by atoms with Crippen LogP contribution in [0.5, 0.6) is 0 Å². The number of thiophene rings is 1. The molecule has 26 heavy (non-hydrogen) atoms. The summed E-state index contributed by atoms with van der Waals surface area (Å²) in [5.74, 6) is 1.62. The maximum absolute atomic E-state index is 5.42. The average molecular weight is 383 g/mol. The van der Waals surface area contributed by atoms with Gasteiger partial charge in [0.25, 0.3) is 0 Å². The fraction of sp³-hybridized carbons (Fsp3) is 0.263. The van der Waals surface area contributed by atoms with Crippen LogP contribution in [0.25, 0.3) is 20.7 Å². The zero-order chi connectivity index (χ0) is 18.1. The predicted molar refractivity (Wildman–Crippen MR) is 106 cm³/mol. The van der Waals surface area contributed by atoms with E-state index in [1.165, 1.54) is 10.4 Å². The molecule has 5 nitrogen and oxygen atoms in total. The second kappa shape index (κ2) is 7.17. The third kappa shape index (κ3) is 3.37. The molecule has 0 saturated carbocycles. The molecular weight excluding hydrogens is 364 g/mol. The van der Waals surface area contributed by atoms with Crippen LogP contribution in [0, 0.1) is 0 Å². The standard InChI is InChI=1S/C19H18N4OS2/c1-11(2)16-22-17(24-23-16)12(3)25-18-14-9-15(13-7-5-4-6-8-13)26-19(14)21-10-20-18/h4-12H,1-3H3. The molecule has 7 heteroatoms. The molecule has 1 aromatic carbocycles. The smallest absolute Gasteiger partial charge is 0.239 e. The van der Waals surface area contributed by atoms with Crippen molar-refractivity contribution in [2.75, 3.05) is 0 Å². The van der Waals surface area contributed by atoms with Crippen molar-refractivity contribution in [2.24, 2.45) is 0 Å². The Kier molecular flexibility index (Phi) is 4.74. The van der Waals surface area contributed by atoms with E-state index in [9.17, 15) is 0 Å². The maximum Gasteiger partial charge on any atom is 0.239 e. The molecule has 0 saturated heterocycles. The van der Waals surface area contributed by atoms with Crippen LogP contribution in [0.1, 0.15) is 43.7 Å². The molecule has 0 aliphatic carbocycles. The van der Waals surface area contributed by atoms with Crippen molar-refractivity contribution in [3.63, 3.8) is 0 Å². The number of hydrogen-bond acceptors (Lipinski definition) is 7. The summed E-state index contributed by atoms with van der Waals surface area (Å²) in [5, 5.41) is 6.08. The molecule has 0 spiro atoms. The molecule has 3 aromatic heterocycles. The maximum atomic E-state index is 5.42. The van der Waals surface area contributed by atoms with Crippen molar-refractivity contribution in [3.05, 3.63) is 54.4 Å². The number of nitrogens with zero attached hydrogens (tertiary/aromatic N) is 4. The Hall–Kier alpha value is -2.25. The lowest BCUT2D eigenvalue weighted by molar-refractivity contribution is 0.373. The van der Waals surface area contributed by atoms with Crippen LogP contribution in [0.3, 0.4) is 0 Å². The summed E-state index contributed by atoms with van der Waals surface area (Å²) in [4.78, 5) is 15.6. The molecule has 132 valence electrons. The number of fused-ring (bicyclic) bond motifs is 1. The van der Waals surface area contributed by atoms with Crippen LogP contribution < -0.4 is 0 Å². The highest BCUT2D eigenvalue weighted by Crippen LogP contribution is 2.40. The fourth-order valence-electron chi connectivity index (χ4n) is 2.54. The van der Waals surface area contributed by atoms with Gasteiger partial charge in [0, 0.05) is 16.2 Å². The summed E-state index contributed by atoms with van der Waals surface area (Å²) in [6.07, 6.45) is 1.62. The fourth-order valence-corrected chi connectivity index (χ4v) is 4.53. The molecule has 0 aliphatic rings. The van der Waals surface area contributed by atoms with Gasteiger partial charge in [-0.15, -0.1) is 11.3 Å². The molecule has 0 amide bonds. The van der Waals surface area contributed by atoms with Crippen molar-refractivity contribution in [3.8, 4) is 10.4 Å². The zero-order valence-corrected chi connectivity index (χ0v) is 16.3. The van der Waals surface area contributed by atoms with Gasteiger partial charge in [0.1, 0.15) is 16.2 Å². The van der Waals surface area contributed by atoms with Crippen LogP contribution in [-0.4, -0.2) is 20.1 Å². The first kappa shape index (κ1) is 17.2. The molecule has 0 radical (unpaired) electrons. The Balaban J connectivity index is 1.64. The van der Waals surface area contributed by atoms with Gasteiger partial charge in [-0.25, -0.2) is 9.97 Å². The van der Waals surface area contributed by atoms with Crippen LogP contribution in [0.2, 0.25) is 0 Å². The molecule has 0 bridgehead atoms. The van der Waals surface area contributed by atoms with Gasteiger partial charge < -0.3 is 4.52 Å². The molecule has 3 heterocycles. The summed E-state index contributed by atoms with van der Waals surface area (Å²) in [6.45, 7) is 6.16. The minimum atomic E-state index is 0.0215. The molecule has 1 atom stereocenters. The van der Waals surface area contributed by atoms with E-state index >= 15 is 0 Å². The molecule has 0 N–H and O–H groups in total. The van der Waals surface area contributed by atoms with Crippen LogP contribution in [0.15, 0.2) is 52.3 Å². The number of thioether (sulfide) groups is 1. The number of hydrogen-bond donors (Lipinski definition) is 0. The first-order chi connectivity index (χ1) is 12.6. The highest BCUT2D eigenvalue weighted by molar-refractivity contribution is 7.99. The Labute approximate surface area is 159 Å². The zero-order valence-electron chi connectivity index (χ0n) is 14.7. The third-order valence-electron chi connectivity index (χ3n) is 3.96. The summed E-state index contributed by atoms with van der Waals surface area (Å²) < 4.78 is 5.42. The molecule has 0 aliphatic heterocycles. The van der Waals surface area contributed by atoms with Gasteiger partial charge in [0.15, 0.2) is 5.82 Å². The van der Waals surface area contributed by atoms with E-state index in [-0.39, 0.29) is 11.2 Å². The Morgan fingerprint density at radius 3 is 2.62 bits per heavy atom. The van der Waals surface area contributed by atoms with Crippen LogP contribution >= 0.6 is 23.1 Å². The molecular formula is C19H18N4OS2. The Morgan fingerprint density at radius 1 is 1.08 bits per heavy atom. The summed E-state index contributed by atoms with van der Waals surface area (Å²) in [5.41, 5.74) is 1.19. The van der Waals surface area contributed by atoms with Crippen molar-refractivity contribution in [2.45, 2.75) is 37.0 Å². The SMILES string of the molecule is CC(C)c1noc(C(C)Sc2ncnc3sc(-c4ccccc4)cc23)n1. The minimum absolute atomic E-state index is 0.0215. The van der Waals surface area contributed by atoms with Gasteiger partial charge in [0.2, 0.25) is 5.89 Å². The number of benzene rings is 1. The Morgan fingerprint density at radius 2 is 1.88 bits per heavy atom. The number of rotatable bonds is 5. The summed E-state index contributed by atoms with van der Waals surface area (Å²) in [7, 11) is 0. The van der Waals surface area contributed by atoms with Gasteiger partial charge >= 0.3 is 0 Å². The van der Waals surface area contributed by atoms with Crippen molar-refractivity contribution < 1.29 is 4.52 Å². The Bertz CT molecular complexity index is 1030.